The van der Waals surface area contributed by atoms with E-state index in [-0.39, 0.29) is 0 Å². The molecule has 0 bridgehead atoms. The van der Waals surface area contributed by atoms with E-state index in [9.17, 15) is 0 Å². The lowest BCUT2D eigenvalue weighted by Crippen LogP contribution is -2.29. The van der Waals surface area contributed by atoms with Gasteiger partial charge in [0.2, 0.25) is 0 Å². The lowest BCUT2D eigenvalue weighted by Gasteiger charge is -2.02. The Bertz CT molecular complexity index is 55.4. The van der Waals surface area contributed by atoms with Crippen LogP contribution in [-0.4, -0.2) is 19.6 Å². The molecule has 0 N–H and O–H groups in total. The lowest BCUT2D eigenvalue weighted by atomic mass is 10.5. The average Bonchev–Trinajstić information content (AvgIpc) is 1.83. The van der Waals surface area contributed by atoms with Gasteiger partial charge in [0.1, 0.15) is 19.6 Å². The molecule has 8 heavy (non-hydrogen) atoms. The topological polar surface area (TPSA) is 5.90 Å². The molecule has 1 heteroatoms. The summed E-state index contributed by atoms with van der Waals surface area (Å²) >= 11 is 0. The van der Waals surface area contributed by atoms with E-state index in [1.807, 2.05) is 6.08 Å². The first-order chi connectivity index (χ1) is 3.85. The Morgan fingerprint density at radius 2 is 1.88 bits per heavy atom. The van der Waals surface area contributed by atoms with Crippen LogP contribution in [0.15, 0.2) is 12.7 Å². The van der Waals surface area contributed by atoms with Gasteiger partial charge in [-0.05, 0) is 19.9 Å². The third-order valence-corrected chi connectivity index (χ3v) is 1.28. The normalized spacial score (nSPS) is 9.88. The van der Waals surface area contributed by atoms with Gasteiger partial charge >= 0.3 is 0 Å². The summed E-state index contributed by atoms with van der Waals surface area (Å²) in [6.45, 7) is 11.2. The number of hydrogen-bond acceptors (Lipinski definition) is 1. The van der Waals surface area contributed by atoms with Crippen molar-refractivity contribution in [3.63, 3.8) is 0 Å². The van der Waals surface area contributed by atoms with Crippen molar-refractivity contribution in [2.75, 3.05) is 19.6 Å². The zero-order valence-electron chi connectivity index (χ0n) is 5.85. The molecule has 0 aromatic carbocycles. The summed E-state index contributed by atoms with van der Waals surface area (Å²) in [5.74, 6) is 0. The highest BCUT2D eigenvalue weighted by molar-refractivity contribution is 4.74. The third-order valence-electron chi connectivity index (χ3n) is 1.28. The van der Waals surface area contributed by atoms with Crippen LogP contribution in [-0.2, 0) is 0 Å². The van der Waals surface area contributed by atoms with Crippen molar-refractivity contribution in [2.45, 2.75) is 13.8 Å². The van der Waals surface area contributed by atoms with Crippen LogP contribution >= 0.6 is 0 Å². The van der Waals surface area contributed by atoms with Crippen LogP contribution in [0.3, 0.4) is 0 Å². The molecule has 0 saturated heterocycles. The molecule has 1 nitrogen and oxygen atoms in total. The molecular weight excluding hydrogens is 98.1 g/mol. The maximum atomic E-state index is 3.65. The Morgan fingerprint density at radius 1 is 1.38 bits per heavy atom. The summed E-state index contributed by atoms with van der Waals surface area (Å²) in [6, 6.07) is 0. The maximum absolute atomic E-state index is 3.65. The van der Waals surface area contributed by atoms with Gasteiger partial charge in [0, 0.05) is 0 Å². The predicted octanol–water partition coefficient (Wildman–Crippen LogP) is 1.35. The van der Waals surface area contributed by atoms with E-state index in [0.717, 1.165) is 19.6 Å². The van der Waals surface area contributed by atoms with Crippen LogP contribution in [0.5, 0.6) is 0 Å². The SMILES string of the molecule is C=CC[N+](CC)CC. The second-order valence-electron chi connectivity index (χ2n) is 1.77. The van der Waals surface area contributed by atoms with Gasteiger partial charge in [0.15, 0.2) is 0 Å². The molecule has 0 unspecified atom stereocenters. The standard InChI is InChI=1S/C7H15N/c1-4-7-8(5-2)6-3/h4H,1,5-7H2,2-3H3/q+1. The molecule has 0 atom stereocenters. The van der Waals surface area contributed by atoms with E-state index in [0.29, 0.717) is 0 Å². The zero-order chi connectivity index (χ0) is 6.41. The molecule has 47 valence electrons. The minimum atomic E-state index is 1.02. The van der Waals surface area contributed by atoms with Gasteiger partial charge in [-0.1, -0.05) is 6.58 Å². The molecule has 0 rings (SSSR count). The molecule has 0 aromatic heterocycles. The van der Waals surface area contributed by atoms with Crippen molar-refractivity contribution in [3.8, 4) is 0 Å². The molecule has 0 saturated carbocycles. The smallest absolute Gasteiger partial charge is 0.140 e. The molecule has 0 aliphatic carbocycles. The van der Waals surface area contributed by atoms with E-state index < -0.39 is 0 Å². The number of nitrogens with zero attached hydrogens (tertiary/aromatic N) is 1. The van der Waals surface area contributed by atoms with Gasteiger partial charge < -0.3 is 0 Å². The summed E-state index contributed by atoms with van der Waals surface area (Å²) in [4.78, 5) is 2.31. The summed E-state index contributed by atoms with van der Waals surface area (Å²) < 4.78 is 0. The number of hydrogen-bond donors (Lipinski definition) is 0. The quantitative estimate of drug-likeness (QED) is 0.383. The second kappa shape index (κ2) is 4.85. The largest absolute Gasteiger partial charge is 0.167 e. The Kier molecular flexibility index (Phi) is 4.67. The van der Waals surface area contributed by atoms with Crippen molar-refractivity contribution in [2.24, 2.45) is 0 Å². The fourth-order valence-corrected chi connectivity index (χ4v) is 0.664. The Labute approximate surface area is 52.0 Å². The minimum absolute atomic E-state index is 1.02. The maximum Gasteiger partial charge on any atom is 0.140 e. The minimum Gasteiger partial charge on any atom is -0.167 e. The molecule has 0 spiro atoms. The predicted molar refractivity (Wildman–Crippen MR) is 38.3 cm³/mol. The summed E-state index contributed by atoms with van der Waals surface area (Å²) in [6.07, 6.45) is 1.94. The van der Waals surface area contributed by atoms with Gasteiger partial charge in [0.25, 0.3) is 0 Å². The van der Waals surface area contributed by atoms with Crippen LogP contribution in [0.1, 0.15) is 13.8 Å². The Balaban J connectivity index is 3.20. The molecular formula is C7H15N+. The van der Waals surface area contributed by atoms with Crippen LogP contribution in [0.4, 0.5) is 0 Å². The highest BCUT2D eigenvalue weighted by atomic mass is 15.1. The van der Waals surface area contributed by atoms with Crippen LogP contribution < -0.4 is 4.90 Å². The van der Waals surface area contributed by atoms with Gasteiger partial charge in [-0.25, -0.2) is 0 Å². The molecule has 0 fully saturated rings. The zero-order valence-corrected chi connectivity index (χ0v) is 5.85. The summed E-state index contributed by atoms with van der Waals surface area (Å²) in [5.41, 5.74) is 0. The van der Waals surface area contributed by atoms with E-state index in [1.165, 1.54) is 0 Å². The van der Waals surface area contributed by atoms with E-state index >= 15 is 0 Å². The van der Waals surface area contributed by atoms with Crippen molar-refractivity contribution >= 4 is 0 Å². The molecule has 0 aromatic rings. The summed E-state index contributed by atoms with van der Waals surface area (Å²) in [5, 5.41) is 0. The highest BCUT2D eigenvalue weighted by Crippen LogP contribution is 1.79. The van der Waals surface area contributed by atoms with Gasteiger partial charge in [-0.2, -0.15) is 4.90 Å². The molecule has 0 aliphatic heterocycles. The fourth-order valence-electron chi connectivity index (χ4n) is 0.664. The van der Waals surface area contributed by atoms with Crippen molar-refractivity contribution in [1.82, 2.24) is 4.90 Å². The van der Waals surface area contributed by atoms with E-state index in [1.54, 1.807) is 0 Å². The number of likely N-dealkylation sites (N-methyl/N-ethyl adjacent to an activating group) is 1. The van der Waals surface area contributed by atoms with Crippen molar-refractivity contribution < 1.29 is 0 Å². The first kappa shape index (κ1) is 7.70. The monoisotopic (exact) mass is 113 g/mol. The number of rotatable bonds is 4. The fraction of sp³-hybridized carbons (Fsp3) is 0.714. The third kappa shape index (κ3) is 2.80. The highest BCUT2D eigenvalue weighted by Gasteiger charge is 2.02. The second-order valence-corrected chi connectivity index (χ2v) is 1.77. The Morgan fingerprint density at radius 3 is 2.00 bits per heavy atom. The van der Waals surface area contributed by atoms with Gasteiger partial charge in [-0.15, -0.1) is 0 Å². The van der Waals surface area contributed by atoms with Gasteiger partial charge in [0.05, 0.1) is 0 Å². The van der Waals surface area contributed by atoms with Crippen LogP contribution in [0, 0.1) is 0 Å². The van der Waals surface area contributed by atoms with Crippen LogP contribution in [0.2, 0.25) is 0 Å². The first-order valence-corrected chi connectivity index (χ1v) is 3.18. The van der Waals surface area contributed by atoms with Gasteiger partial charge in [-0.3, -0.25) is 0 Å². The van der Waals surface area contributed by atoms with Crippen LogP contribution in [0.25, 0.3) is 0 Å². The molecule has 0 heterocycles. The summed E-state index contributed by atoms with van der Waals surface area (Å²) in [7, 11) is 0. The Hall–Kier alpha value is -0.300. The van der Waals surface area contributed by atoms with Crippen molar-refractivity contribution in [3.05, 3.63) is 12.7 Å². The van der Waals surface area contributed by atoms with E-state index in [2.05, 4.69) is 25.3 Å². The molecule has 0 aliphatic rings. The molecule has 1 radical (unpaired) electrons. The lowest BCUT2D eigenvalue weighted by molar-refractivity contribution is 0.486. The molecule has 0 amide bonds. The van der Waals surface area contributed by atoms with E-state index in [4.69, 9.17) is 0 Å². The van der Waals surface area contributed by atoms with Crippen molar-refractivity contribution in [1.29, 1.82) is 0 Å². The first-order valence-electron chi connectivity index (χ1n) is 3.18. The average molecular weight is 113 g/mol.